The summed E-state index contributed by atoms with van der Waals surface area (Å²) in [6.07, 6.45) is 4.08. The Bertz CT molecular complexity index is 786. The number of carbonyl (C=O) groups is 1. The highest BCUT2D eigenvalue weighted by Gasteiger charge is 2.40. The lowest BCUT2D eigenvalue weighted by atomic mass is 9.74. The zero-order valence-electron chi connectivity index (χ0n) is 13.4. The molecule has 6 heteroatoms. The Morgan fingerprint density at radius 2 is 1.96 bits per heavy atom. The summed E-state index contributed by atoms with van der Waals surface area (Å²) in [5.74, 6) is -0.558. The number of nitriles is 1. The molecule has 1 aromatic heterocycles. The van der Waals surface area contributed by atoms with Crippen LogP contribution >= 0.6 is 11.3 Å². The molecule has 1 aliphatic rings. The number of rotatable bonds is 3. The van der Waals surface area contributed by atoms with Gasteiger partial charge in [0.15, 0.2) is 5.13 Å². The fraction of sp³-hybridized carbons (Fsp3) is 0.389. The number of anilines is 1. The first-order chi connectivity index (χ1) is 11.5. The second-order valence-corrected chi connectivity index (χ2v) is 7.34. The van der Waals surface area contributed by atoms with Gasteiger partial charge in [-0.15, -0.1) is 11.3 Å². The number of amides is 1. The third-order valence-electron chi connectivity index (χ3n) is 4.49. The molecule has 1 amide bonds. The molecule has 0 atom stereocenters. The minimum atomic E-state index is -0.937. The van der Waals surface area contributed by atoms with Crippen LogP contribution in [0.4, 0.5) is 9.52 Å². The minimum absolute atomic E-state index is 0.260. The summed E-state index contributed by atoms with van der Waals surface area (Å²) in [4.78, 5) is 18.0. The predicted molar refractivity (Wildman–Crippen MR) is 92.0 cm³/mol. The van der Waals surface area contributed by atoms with Crippen LogP contribution in [0.5, 0.6) is 0 Å². The van der Waals surface area contributed by atoms with Gasteiger partial charge in [-0.05, 0) is 44.0 Å². The molecule has 0 radical (unpaired) electrons. The van der Waals surface area contributed by atoms with Crippen molar-refractivity contribution in [2.24, 2.45) is 5.41 Å². The highest BCUT2D eigenvalue weighted by atomic mass is 32.1. The Morgan fingerprint density at radius 1 is 1.29 bits per heavy atom. The van der Waals surface area contributed by atoms with Crippen molar-refractivity contribution in [3.8, 4) is 17.3 Å². The number of hydrogen-bond acceptors (Lipinski definition) is 4. The van der Waals surface area contributed by atoms with Crippen LogP contribution in [0, 0.1) is 29.5 Å². The van der Waals surface area contributed by atoms with Gasteiger partial charge < -0.3 is 5.32 Å². The molecule has 1 aromatic carbocycles. The summed E-state index contributed by atoms with van der Waals surface area (Å²) in [6.45, 7) is 1.91. The van der Waals surface area contributed by atoms with Gasteiger partial charge in [-0.1, -0.05) is 19.3 Å². The van der Waals surface area contributed by atoms with Gasteiger partial charge in [0.25, 0.3) is 0 Å². The monoisotopic (exact) mass is 343 g/mol. The van der Waals surface area contributed by atoms with Crippen LogP contribution in [0.1, 0.15) is 37.0 Å². The van der Waals surface area contributed by atoms with Gasteiger partial charge in [0, 0.05) is 10.4 Å². The quantitative estimate of drug-likeness (QED) is 0.880. The average Bonchev–Trinajstić information content (AvgIpc) is 2.96. The van der Waals surface area contributed by atoms with Crippen molar-refractivity contribution in [1.82, 2.24) is 4.98 Å². The van der Waals surface area contributed by atoms with E-state index < -0.39 is 5.41 Å². The van der Waals surface area contributed by atoms with Crippen molar-refractivity contribution in [1.29, 1.82) is 5.26 Å². The normalized spacial score (nSPS) is 16.4. The third-order valence-corrected chi connectivity index (χ3v) is 5.38. The zero-order chi connectivity index (χ0) is 17.2. The molecular formula is C18H18FN3OS. The van der Waals surface area contributed by atoms with Gasteiger partial charge in [0.1, 0.15) is 11.2 Å². The molecule has 1 aliphatic carbocycles. The van der Waals surface area contributed by atoms with Crippen molar-refractivity contribution in [2.45, 2.75) is 39.0 Å². The molecule has 124 valence electrons. The van der Waals surface area contributed by atoms with Crippen molar-refractivity contribution in [2.75, 3.05) is 5.32 Å². The van der Waals surface area contributed by atoms with E-state index >= 15 is 0 Å². The Labute approximate surface area is 144 Å². The number of aryl methyl sites for hydroxylation is 1. The van der Waals surface area contributed by atoms with Crippen molar-refractivity contribution in [3.05, 3.63) is 35.0 Å². The summed E-state index contributed by atoms with van der Waals surface area (Å²) >= 11 is 1.37. The number of carbonyl (C=O) groups excluding carboxylic acids is 1. The van der Waals surface area contributed by atoms with E-state index in [0.717, 1.165) is 35.4 Å². The molecule has 1 N–H and O–H groups in total. The lowest BCUT2D eigenvalue weighted by Gasteiger charge is -2.28. The molecule has 0 aliphatic heterocycles. The van der Waals surface area contributed by atoms with E-state index in [2.05, 4.69) is 16.4 Å². The Hall–Kier alpha value is -2.26. The number of benzene rings is 1. The maximum absolute atomic E-state index is 13.1. The number of halogens is 1. The Kier molecular flexibility index (Phi) is 4.63. The number of hydrogen-bond donors (Lipinski definition) is 1. The van der Waals surface area contributed by atoms with Crippen LogP contribution < -0.4 is 5.32 Å². The predicted octanol–water partition coefficient (Wildman–Crippen LogP) is 4.67. The molecule has 0 bridgehead atoms. The number of nitrogens with one attached hydrogen (secondary N) is 1. The number of aromatic nitrogens is 1. The SMILES string of the molecule is Cc1sc(NC(=O)C2(C#N)CCCCC2)nc1-c1ccc(F)cc1. The largest absolute Gasteiger partial charge is 0.301 e. The van der Waals surface area contributed by atoms with E-state index in [0.29, 0.717) is 18.0 Å². The molecule has 0 saturated heterocycles. The van der Waals surface area contributed by atoms with E-state index in [9.17, 15) is 14.4 Å². The zero-order valence-corrected chi connectivity index (χ0v) is 14.3. The van der Waals surface area contributed by atoms with Crippen LogP contribution in [-0.4, -0.2) is 10.9 Å². The third kappa shape index (κ3) is 3.17. The first-order valence-electron chi connectivity index (χ1n) is 8.00. The summed E-state index contributed by atoms with van der Waals surface area (Å²) in [6, 6.07) is 8.33. The molecule has 24 heavy (non-hydrogen) atoms. The summed E-state index contributed by atoms with van der Waals surface area (Å²) < 4.78 is 13.1. The number of nitrogens with zero attached hydrogens (tertiary/aromatic N) is 2. The van der Waals surface area contributed by atoms with E-state index in [4.69, 9.17) is 0 Å². The molecule has 2 aromatic rings. The van der Waals surface area contributed by atoms with Gasteiger partial charge in [0.05, 0.1) is 11.8 Å². The smallest absolute Gasteiger partial charge is 0.246 e. The molecule has 0 spiro atoms. The van der Waals surface area contributed by atoms with Gasteiger partial charge >= 0.3 is 0 Å². The molecular weight excluding hydrogens is 325 g/mol. The Balaban J connectivity index is 1.81. The van der Waals surface area contributed by atoms with E-state index in [1.807, 2.05) is 6.92 Å². The van der Waals surface area contributed by atoms with Gasteiger partial charge in [-0.3, -0.25) is 4.79 Å². The van der Waals surface area contributed by atoms with Gasteiger partial charge in [0.2, 0.25) is 5.91 Å². The molecule has 0 unspecified atom stereocenters. The maximum Gasteiger partial charge on any atom is 0.246 e. The topological polar surface area (TPSA) is 65.8 Å². The lowest BCUT2D eigenvalue weighted by Crippen LogP contribution is -2.36. The fourth-order valence-electron chi connectivity index (χ4n) is 3.09. The molecule has 3 rings (SSSR count). The first-order valence-corrected chi connectivity index (χ1v) is 8.82. The second-order valence-electron chi connectivity index (χ2n) is 6.14. The van der Waals surface area contributed by atoms with Gasteiger partial charge in [-0.2, -0.15) is 5.26 Å². The van der Waals surface area contributed by atoms with Crippen molar-refractivity contribution >= 4 is 22.4 Å². The average molecular weight is 343 g/mol. The van der Waals surface area contributed by atoms with Gasteiger partial charge in [-0.25, -0.2) is 9.37 Å². The van der Waals surface area contributed by atoms with E-state index in [1.165, 1.54) is 23.5 Å². The fourth-order valence-corrected chi connectivity index (χ4v) is 3.92. The van der Waals surface area contributed by atoms with Crippen LogP contribution in [0.15, 0.2) is 24.3 Å². The van der Waals surface area contributed by atoms with Crippen LogP contribution in [0.3, 0.4) is 0 Å². The summed E-state index contributed by atoms with van der Waals surface area (Å²) in [5, 5.41) is 12.8. The first kappa shape index (κ1) is 16.6. The van der Waals surface area contributed by atoms with Crippen molar-refractivity contribution < 1.29 is 9.18 Å². The van der Waals surface area contributed by atoms with Crippen LogP contribution in [0.25, 0.3) is 11.3 Å². The van der Waals surface area contributed by atoms with Crippen molar-refractivity contribution in [3.63, 3.8) is 0 Å². The maximum atomic E-state index is 13.1. The van der Waals surface area contributed by atoms with Crippen LogP contribution in [0.2, 0.25) is 0 Å². The summed E-state index contributed by atoms with van der Waals surface area (Å²) in [7, 11) is 0. The van der Waals surface area contributed by atoms with Crippen LogP contribution in [-0.2, 0) is 4.79 Å². The molecule has 1 fully saturated rings. The molecule has 1 saturated carbocycles. The second kappa shape index (κ2) is 6.70. The van der Waals surface area contributed by atoms with E-state index in [-0.39, 0.29) is 11.7 Å². The number of thiazole rings is 1. The highest BCUT2D eigenvalue weighted by molar-refractivity contribution is 7.16. The Morgan fingerprint density at radius 3 is 2.58 bits per heavy atom. The molecule has 4 nitrogen and oxygen atoms in total. The highest BCUT2D eigenvalue weighted by Crippen LogP contribution is 2.38. The standard InChI is InChI=1S/C18H18FN3OS/c1-12-15(13-5-7-14(19)8-6-13)21-17(24-12)22-16(23)18(11-20)9-3-2-4-10-18/h5-8H,2-4,9-10H2,1H3,(H,21,22,23). The lowest BCUT2D eigenvalue weighted by molar-refractivity contribution is -0.124. The van der Waals surface area contributed by atoms with E-state index in [1.54, 1.807) is 12.1 Å². The minimum Gasteiger partial charge on any atom is -0.301 e. The summed E-state index contributed by atoms with van der Waals surface area (Å²) in [5.41, 5.74) is 0.594. The molecule has 1 heterocycles.